The monoisotopic (exact) mass is 329 g/mol. The molecule has 3 atom stereocenters. The average Bonchev–Trinajstić information content (AvgIpc) is 3.06. The molecule has 0 bridgehead atoms. The zero-order chi connectivity index (χ0) is 17.1. The van der Waals surface area contributed by atoms with E-state index in [4.69, 9.17) is 10.00 Å². The lowest BCUT2D eigenvalue weighted by Crippen LogP contribution is -2.64. The number of amides is 1. The van der Waals surface area contributed by atoms with E-state index in [2.05, 4.69) is 16.1 Å². The Morgan fingerprint density at radius 3 is 2.88 bits per heavy atom. The van der Waals surface area contributed by atoms with Gasteiger partial charge in [-0.3, -0.25) is 15.4 Å². The fourth-order valence-electron chi connectivity index (χ4n) is 2.92. The number of nitrogens with one attached hydrogen (secondary N) is 3. The van der Waals surface area contributed by atoms with Crippen molar-refractivity contribution in [1.29, 1.82) is 5.26 Å². The number of hydrogen-bond donors (Lipinski definition) is 3. The van der Waals surface area contributed by atoms with E-state index in [9.17, 15) is 9.59 Å². The summed E-state index contributed by atoms with van der Waals surface area (Å²) in [5, 5.41) is 16.7. The summed E-state index contributed by atoms with van der Waals surface area (Å²) >= 11 is 0. The lowest BCUT2D eigenvalue weighted by Gasteiger charge is -2.38. The molecule has 0 aromatic heterocycles. The summed E-state index contributed by atoms with van der Waals surface area (Å²) in [6, 6.07) is 8.23. The van der Waals surface area contributed by atoms with E-state index < -0.39 is 5.97 Å². The summed E-state index contributed by atoms with van der Waals surface area (Å²) in [4.78, 5) is 24.4. The number of benzene rings is 1. The highest BCUT2D eigenvalue weighted by molar-refractivity contribution is 5.89. The number of nitriles is 1. The second kappa shape index (κ2) is 6.97. The third-order valence-electron chi connectivity index (χ3n) is 4.29. The molecule has 0 spiro atoms. The Morgan fingerprint density at radius 2 is 2.17 bits per heavy atom. The minimum absolute atomic E-state index is 0.00864. The molecule has 0 radical (unpaired) electrons. The molecule has 1 amide bonds. The zero-order valence-corrected chi connectivity index (χ0v) is 13.3. The first-order valence-electron chi connectivity index (χ1n) is 7.83. The van der Waals surface area contributed by atoms with Gasteiger partial charge in [-0.05, 0) is 37.6 Å². The maximum Gasteiger partial charge on any atom is 0.338 e. The number of nitrogens with zero attached hydrogens (tertiary/aromatic N) is 2. The molecule has 126 valence electrons. The van der Waals surface area contributed by atoms with Gasteiger partial charge in [-0.25, -0.2) is 15.2 Å². The van der Waals surface area contributed by atoms with Gasteiger partial charge in [0.15, 0.2) is 6.29 Å². The number of carbonyl (C=O) groups excluding carboxylic acids is 2. The summed E-state index contributed by atoms with van der Waals surface area (Å²) < 4.78 is 5.26. The van der Waals surface area contributed by atoms with Gasteiger partial charge in [-0.2, -0.15) is 5.26 Å². The molecule has 2 saturated heterocycles. The second-order valence-corrected chi connectivity index (χ2v) is 5.83. The average molecular weight is 329 g/mol. The Morgan fingerprint density at radius 1 is 1.42 bits per heavy atom. The van der Waals surface area contributed by atoms with Crippen LogP contribution in [0.3, 0.4) is 0 Å². The molecule has 3 rings (SSSR count). The predicted octanol–water partition coefficient (Wildman–Crippen LogP) is -0.109. The molecule has 2 fully saturated rings. The van der Waals surface area contributed by atoms with Gasteiger partial charge in [0, 0.05) is 6.04 Å². The van der Waals surface area contributed by atoms with Gasteiger partial charge in [0.25, 0.3) is 0 Å². The van der Waals surface area contributed by atoms with Crippen LogP contribution in [0.2, 0.25) is 0 Å². The highest BCUT2D eigenvalue weighted by Gasteiger charge is 2.41. The van der Waals surface area contributed by atoms with Crippen LogP contribution >= 0.6 is 0 Å². The summed E-state index contributed by atoms with van der Waals surface area (Å²) in [5.74, 6) is -0.727. The maximum absolute atomic E-state index is 12.4. The quantitative estimate of drug-likeness (QED) is 0.662. The van der Waals surface area contributed by atoms with Gasteiger partial charge in [-0.15, -0.1) is 0 Å². The standard InChI is InChI=1S/C16H19N5O3/c1-10-13(14(22)21-16(20-10)18-9-19-21)6-7-24-15(23)12-4-2-11(8-17)3-5-12/h2-5,10,13,16,18-20H,6-7,9H2,1H3. The van der Waals surface area contributed by atoms with E-state index >= 15 is 0 Å². The lowest BCUT2D eigenvalue weighted by atomic mass is 9.94. The smallest absolute Gasteiger partial charge is 0.338 e. The van der Waals surface area contributed by atoms with Crippen molar-refractivity contribution in [2.75, 3.05) is 13.3 Å². The molecule has 3 unspecified atom stereocenters. The van der Waals surface area contributed by atoms with Crippen molar-refractivity contribution in [3.63, 3.8) is 0 Å². The van der Waals surface area contributed by atoms with Gasteiger partial charge in [0.2, 0.25) is 5.91 Å². The largest absolute Gasteiger partial charge is 0.462 e. The molecule has 8 nitrogen and oxygen atoms in total. The summed E-state index contributed by atoms with van der Waals surface area (Å²) in [6.45, 7) is 2.64. The fraction of sp³-hybridized carbons (Fsp3) is 0.438. The summed E-state index contributed by atoms with van der Waals surface area (Å²) in [7, 11) is 0. The normalized spacial score (nSPS) is 25.9. The van der Waals surface area contributed by atoms with Crippen LogP contribution in [0.25, 0.3) is 0 Å². The fourth-order valence-corrected chi connectivity index (χ4v) is 2.92. The third-order valence-corrected chi connectivity index (χ3v) is 4.29. The van der Waals surface area contributed by atoms with Crippen LogP contribution in [-0.2, 0) is 9.53 Å². The molecular formula is C16H19N5O3. The number of esters is 1. The van der Waals surface area contributed by atoms with E-state index in [1.807, 2.05) is 13.0 Å². The van der Waals surface area contributed by atoms with Crippen molar-refractivity contribution in [2.24, 2.45) is 5.92 Å². The number of fused-ring (bicyclic) bond motifs is 1. The third kappa shape index (κ3) is 3.23. The topological polar surface area (TPSA) is 106 Å². The first-order chi connectivity index (χ1) is 11.6. The van der Waals surface area contributed by atoms with Crippen molar-refractivity contribution in [3.8, 4) is 6.07 Å². The number of carbonyl (C=O) groups is 2. The van der Waals surface area contributed by atoms with E-state index in [1.165, 1.54) is 0 Å². The van der Waals surface area contributed by atoms with Crippen molar-refractivity contribution in [1.82, 2.24) is 21.1 Å². The Balaban J connectivity index is 1.52. The molecule has 3 N–H and O–H groups in total. The van der Waals surface area contributed by atoms with E-state index in [0.717, 1.165) is 0 Å². The maximum atomic E-state index is 12.4. The zero-order valence-electron chi connectivity index (χ0n) is 13.3. The molecule has 24 heavy (non-hydrogen) atoms. The molecule has 8 heteroatoms. The number of hydrazine groups is 1. The Hall–Kier alpha value is -2.47. The number of ether oxygens (including phenoxy) is 1. The first kappa shape index (κ1) is 16.4. The highest BCUT2D eigenvalue weighted by Crippen LogP contribution is 2.20. The molecule has 1 aromatic rings. The van der Waals surface area contributed by atoms with Gasteiger partial charge >= 0.3 is 5.97 Å². The highest BCUT2D eigenvalue weighted by atomic mass is 16.5. The molecule has 2 aliphatic heterocycles. The van der Waals surface area contributed by atoms with Crippen LogP contribution in [-0.4, -0.2) is 42.5 Å². The molecule has 0 saturated carbocycles. The number of rotatable bonds is 4. The van der Waals surface area contributed by atoms with Crippen LogP contribution < -0.4 is 16.1 Å². The van der Waals surface area contributed by atoms with Gasteiger partial charge in [0.1, 0.15) is 0 Å². The van der Waals surface area contributed by atoms with E-state index in [0.29, 0.717) is 24.2 Å². The van der Waals surface area contributed by atoms with Crippen LogP contribution in [0, 0.1) is 17.2 Å². The minimum Gasteiger partial charge on any atom is -0.462 e. The van der Waals surface area contributed by atoms with Crippen molar-refractivity contribution in [3.05, 3.63) is 35.4 Å². The molecular weight excluding hydrogens is 310 g/mol. The van der Waals surface area contributed by atoms with Crippen LogP contribution in [0.5, 0.6) is 0 Å². The number of hydrogen-bond acceptors (Lipinski definition) is 7. The van der Waals surface area contributed by atoms with Crippen molar-refractivity contribution in [2.45, 2.75) is 25.7 Å². The van der Waals surface area contributed by atoms with Gasteiger partial charge < -0.3 is 4.74 Å². The minimum atomic E-state index is -0.456. The van der Waals surface area contributed by atoms with Crippen LogP contribution in [0.1, 0.15) is 29.3 Å². The van der Waals surface area contributed by atoms with Crippen molar-refractivity contribution < 1.29 is 14.3 Å². The second-order valence-electron chi connectivity index (χ2n) is 5.83. The Kier molecular flexibility index (Phi) is 4.76. The van der Waals surface area contributed by atoms with Gasteiger partial charge in [-0.1, -0.05) is 0 Å². The molecule has 2 heterocycles. The van der Waals surface area contributed by atoms with Crippen LogP contribution in [0.15, 0.2) is 24.3 Å². The molecule has 1 aromatic carbocycles. The Labute approximate surface area is 139 Å². The van der Waals surface area contributed by atoms with Crippen molar-refractivity contribution >= 4 is 11.9 Å². The van der Waals surface area contributed by atoms with Crippen LogP contribution in [0.4, 0.5) is 0 Å². The van der Waals surface area contributed by atoms with Gasteiger partial charge in [0.05, 0.1) is 36.4 Å². The first-order valence-corrected chi connectivity index (χ1v) is 7.83. The van der Waals surface area contributed by atoms with E-state index in [1.54, 1.807) is 29.3 Å². The Bertz CT molecular complexity index is 669. The predicted molar refractivity (Wildman–Crippen MR) is 83.9 cm³/mol. The van der Waals surface area contributed by atoms with E-state index in [-0.39, 0.29) is 30.8 Å². The molecule has 2 aliphatic rings. The summed E-state index contributed by atoms with van der Waals surface area (Å²) in [5.41, 5.74) is 3.85. The summed E-state index contributed by atoms with van der Waals surface area (Å²) in [6.07, 6.45) is 0.255. The molecule has 0 aliphatic carbocycles. The SMILES string of the molecule is CC1NC2NCNN2C(=O)C1CCOC(=O)c1ccc(C#N)cc1. The lowest BCUT2D eigenvalue weighted by molar-refractivity contribution is -0.147.